The van der Waals surface area contributed by atoms with Crippen LogP contribution >= 0.6 is 11.6 Å². The number of nitrogens with one attached hydrogen (secondary N) is 2. The highest BCUT2D eigenvalue weighted by Crippen LogP contribution is 2.42. The fraction of sp³-hybridized carbons (Fsp3) is 0.179. The van der Waals surface area contributed by atoms with Crippen molar-refractivity contribution in [2.75, 3.05) is 5.32 Å². The van der Waals surface area contributed by atoms with E-state index in [4.69, 9.17) is 11.6 Å². The Morgan fingerprint density at radius 3 is 2.58 bits per heavy atom. The Balaban J connectivity index is 1.35. The molecule has 0 atom stereocenters. The van der Waals surface area contributed by atoms with Gasteiger partial charge in [0, 0.05) is 29.8 Å². The van der Waals surface area contributed by atoms with Crippen LogP contribution in [0.4, 0.5) is 10.5 Å². The highest BCUT2D eigenvalue weighted by Gasteiger charge is 2.30. The number of halogens is 1. The van der Waals surface area contributed by atoms with Crippen LogP contribution in [0.5, 0.6) is 5.75 Å². The number of benzene rings is 3. The van der Waals surface area contributed by atoms with E-state index in [1.807, 2.05) is 37.3 Å². The summed E-state index contributed by atoms with van der Waals surface area (Å²) < 4.78 is 1.40. The maximum atomic E-state index is 13.0. The zero-order valence-corrected chi connectivity index (χ0v) is 20.4. The van der Waals surface area contributed by atoms with Crippen molar-refractivity contribution < 1.29 is 14.7 Å². The standard InChI is InChI=1S/C28H25ClN4O3/c1-17-5-4-6-18(13-17)16-30-28(36)33-25(19-9-10-19)15-24(32-33)22-12-11-20(14-26(22)34)31-27(35)21-7-2-3-8-23(21)29/h2-8,11-15,19,34H,9-10,16H2,1H3,(H,30,36)(H,31,35). The van der Waals surface area contributed by atoms with Crippen LogP contribution in [-0.2, 0) is 6.54 Å². The van der Waals surface area contributed by atoms with Crippen LogP contribution in [0.2, 0.25) is 5.02 Å². The Morgan fingerprint density at radius 1 is 1.06 bits per heavy atom. The molecular weight excluding hydrogens is 476 g/mol. The Hall–Kier alpha value is -4.10. The number of rotatable bonds is 6. The van der Waals surface area contributed by atoms with E-state index in [-0.39, 0.29) is 23.6 Å². The number of phenolic OH excluding ortho intramolecular Hbond substituents is 1. The number of amides is 2. The molecule has 7 nitrogen and oxygen atoms in total. The number of hydrogen-bond acceptors (Lipinski definition) is 4. The fourth-order valence-electron chi connectivity index (χ4n) is 4.10. The summed E-state index contributed by atoms with van der Waals surface area (Å²) in [4.78, 5) is 25.5. The molecule has 182 valence electrons. The average Bonchev–Trinajstić information content (AvgIpc) is 3.61. The zero-order chi connectivity index (χ0) is 25.2. The number of carbonyl (C=O) groups is 2. The van der Waals surface area contributed by atoms with E-state index >= 15 is 0 Å². The van der Waals surface area contributed by atoms with Gasteiger partial charge in [-0.2, -0.15) is 9.78 Å². The number of aromatic hydroxyl groups is 1. The molecule has 4 aromatic rings. The van der Waals surface area contributed by atoms with Gasteiger partial charge in [0.25, 0.3) is 5.91 Å². The molecule has 1 saturated carbocycles. The van der Waals surface area contributed by atoms with Gasteiger partial charge < -0.3 is 15.7 Å². The van der Waals surface area contributed by atoms with Crippen LogP contribution in [0.1, 0.15) is 45.9 Å². The van der Waals surface area contributed by atoms with Gasteiger partial charge in [0.05, 0.1) is 22.0 Å². The number of phenols is 1. The number of anilines is 1. The van der Waals surface area contributed by atoms with Crippen molar-refractivity contribution in [3.8, 4) is 17.0 Å². The SMILES string of the molecule is Cc1cccc(CNC(=O)n2nc(-c3ccc(NC(=O)c4ccccc4Cl)cc3O)cc2C2CC2)c1. The smallest absolute Gasteiger partial charge is 0.342 e. The fourth-order valence-corrected chi connectivity index (χ4v) is 4.33. The minimum Gasteiger partial charge on any atom is -0.507 e. The van der Waals surface area contributed by atoms with Gasteiger partial charge in [-0.15, -0.1) is 0 Å². The summed E-state index contributed by atoms with van der Waals surface area (Å²) in [5, 5.41) is 21.3. The number of aryl methyl sites for hydroxylation is 1. The number of nitrogens with zero attached hydrogens (tertiary/aromatic N) is 2. The number of hydrogen-bond donors (Lipinski definition) is 3. The van der Waals surface area contributed by atoms with Crippen molar-refractivity contribution in [1.82, 2.24) is 15.1 Å². The van der Waals surface area contributed by atoms with Gasteiger partial charge in [0.2, 0.25) is 0 Å². The third-order valence-corrected chi connectivity index (χ3v) is 6.43. The highest BCUT2D eigenvalue weighted by molar-refractivity contribution is 6.34. The summed E-state index contributed by atoms with van der Waals surface area (Å²) in [7, 11) is 0. The lowest BCUT2D eigenvalue weighted by Gasteiger charge is -2.09. The summed E-state index contributed by atoms with van der Waals surface area (Å²) in [6, 6.07) is 21.1. The van der Waals surface area contributed by atoms with Crippen molar-refractivity contribution in [3.63, 3.8) is 0 Å². The Morgan fingerprint density at radius 2 is 1.86 bits per heavy atom. The van der Waals surface area contributed by atoms with Crippen LogP contribution < -0.4 is 10.6 Å². The van der Waals surface area contributed by atoms with Crippen molar-refractivity contribution in [1.29, 1.82) is 0 Å². The van der Waals surface area contributed by atoms with Crippen LogP contribution in [0.3, 0.4) is 0 Å². The molecule has 0 spiro atoms. The molecule has 3 aromatic carbocycles. The largest absolute Gasteiger partial charge is 0.507 e. The van der Waals surface area contributed by atoms with Crippen molar-refractivity contribution in [2.24, 2.45) is 0 Å². The van der Waals surface area contributed by atoms with E-state index in [2.05, 4.69) is 15.7 Å². The lowest BCUT2D eigenvalue weighted by Crippen LogP contribution is -2.30. The monoisotopic (exact) mass is 500 g/mol. The van der Waals surface area contributed by atoms with Crippen molar-refractivity contribution in [2.45, 2.75) is 32.2 Å². The molecule has 1 heterocycles. The normalized spacial score (nSPS) is 12.8. The van der Waals surface area contributed by atoms with Crippen molar-refractivity contribution >= 4 is 29.2 Å². The van der Waals surface area contributed by atoms with Crippen molar-refractivity contribution in [3.05, 3.63) is 100 Å². The third-order valence-electron chi connectivity index (χ3n) is 6.10. The molecule has 0 unspecified atom stereocenters. The second-order valence-electron chi connectivity index (χ2n) is 8.95. The molecule has 0 radical (unpaired) electrons. The summed E-state index contributed by atoms with van der Waals surface area (Å²) in [5.74, 6) is -0.162. The zero-order valence-electron chi connectivity index (χ0n) is 19.7. The van der Waals surface area contributed by atoms with E-state index in [9.17, 15) is 14.7 Å². The summed E-state index contributed by atoms with van der Waals surface area (Å²) in [5.41, 5.74) is 4.68. The minimum absolute atomic E-state index is 0.0564. The molecule has 3 N–H and O–H groups in total. The van der Waals surface area contributed by atoms with E-state index in [0.29, 0.717) is 34.1 Å². The van der Waals surface area contributed by atoms with Crippen LogP contribution in [0, 0.1) is 6.92 Å². The summed E-state index contributed by atoms with van der Waals surface area (Å²) in [6.45, 7) is 2.40. The van der Waals surface area contributed by atoms with E-state index in [1.54, 1.807) is 36.4 Å². The molecule has 36 heavy (non-hydrogen) atoms. The molecule has 0 aliphatic heterocycles. The predicted molar refractivity (Wildman–Crippen MR) is 140 cm³/mol. The number of aromatic nitrogens is 2. The molecule has 1 fully saturated rings. The van der Waals surface area contributed by atoms with E-state index in [0.717, 1.165) is 29.7 Å². The topological polar surface area (TPSA) is 96.3 Å². The summed E-state index contributed by atoms with van der Waals surface area (Å²) in [6.07, 6.45) is 1.99. The first-order valence-electron chi connectivity index (χ1n) is 11.7. The first-order chi connectivity index (χ1) is 17.4. The van der Waals surface area contributed by atoms with Gasteiger partial charge >= 0.3 is 6.03 Å². The first-order valence-corrected chi connectivity index (χ1v) is 12.1. The maximum absolute atomic E-state index is 13.0. The molecule has 0 bridgehead atoms. The minimum atomic E-state index is -0.377. The van der Waals surface area contributed by atoms with E-state index < -0.39 is 0 Å². The van der Waals surface area contributed by atoms with Gasteiger partial charge in [-0.1, -0.05) is 53.6 Å². The lowest BCUT2D eigenvalue weighted by molar-refractivity contribution is 0.102. The molecule has 1 aliphatic rings. The van der Waals surface area contributed by atoms with Gasteiger partial charge in [-0.3, -0.25) is 4.79 Å². The van der Waals surface area contributed by atoms with E-state index in [1.165, 1.54) is 10.7 Å². The Labute approximate surface area is 213 Å². The highest BCUT2D eigenvalue weighted by atomic mass is 35.5. The second-order valence-corrected chi connectivity index (χ2v) is 9.36. The average molecular weight is 501 g/mol. The van der Waals surface area contributed by atoms with Gasteiger partial charge in [-0.25, -0.2) is 4.79 Å². The predicted octanol–water partition coefficient (Wildman–Crippen LogP) is 6.11. The number of carbonyl (C=O) groups excluding carboxylic acids is 2. The third kappa shape index (κ3) is 5.11. The molecule has 5 rings (SSSR count). The first kappa shape index (κ1) is 23.6. The van der Waals surface area contributed by atoms with Gasteiger partial charge in [0.15, 0.2) is 0 Å². The van der Waals surface area contributed by atoms with Gasteiger partial charge in [-0.05, 0) is 55.7 Å². The maximum Gasteiger partial charge on any atom is 0.342 e. The molecular formula is C28H25ClN4O3. The van der Waals surface area contributed by atoms with Crippen LogP contribution in [0.25, 0.3) is 11.3 Å². The quantitative estimate of drug-likeness (QED) is 0.298. The van der Waals surface area contributed by atoms with Crippen LogP contribution in [0.15, 0.2) is 72.8 Å². The molecule has 0 saturated heterocycles. The molecule has 8 heteroatoms. The van der Waals surface area contributed by atoms with Crippen LogP contribution in [-0.4, -0.2) is 26.8 Å². The Bertz CT molecular complexity index is 1460. The molecule has 1 aromatic heterocycles. The lowest BCUT2D eigenvalue weighted by atomic mass is 10.1. The molecule has 2 amide bonds. The molecule has 1 aliphatic carbocycles. The summed E-state index contributed by atoms with van der Waals surface area (Å²) >= 11 is 6.11. The Kier molecular flexibility index (Phi) is 6.48. The second kappa shape index (κ2) is 9.87. The van der Waals surface area contributed by atoms with Gasteiger partial charge in [0.1, 0.15) is 5.75 Å².